The van der Waals surface area contributed by atoms with Crippen LogP contribution >= 0.6 is 27.3 Å². The average Bonchev–Trinajstić information content (AvgIpc) is 2.79. The van der Waals surface area contributed by atoms with Crippen molar-refractivity contribution in [2.45, 2.75) is 30.1 Å². The smallest absolute Gasteiger partial charge is 0.211 e. The Balaban J connectivity index is 2.43. The standard InChI is InChI=1S/C11H13BrN2O3S2/c1-8-3-2-5-14(10(8)13-7-15)19(16,17)11-9(12)4-6-18-11/h4,6,8,10H,2-3,5H2,1H3. The predicted octanol–water partition coefficient (Wildman–Crippen LogP) is 2.59. The zero-order chi connectivity index (χ0) is 14.0. The van der Waals surface area contributed by atoms with Crippen molar-refractivity contribution in [2.75, 3.05) is 6.54 Å². The molecule has 0 aliphatic carbocycles. The monoisotopic (exact) mass is 364 g/mol. The summed E-state index contributed by atoms with van der Waals surface area (Å²) in [6.45, 7) is 2.28. The van der Waals surface area contributed by atoms with Crippen LogP contribution in [0.4, 0.5) is 0 Å². The summed E-state index contributed by atoms with van der Waals surface area (Å²) in [5.74, 6) is 0.0173. The van der Waals surface area contributed by atoms with E-state index in [2.05, 4.69) is 20.9 Å². The highest BCUT2D eigenvalue weighted by atomic mass is 79.9. The summed E-state index contributed by atoms with van der Waals surface area (Å²) in [4.78, 5) is 14.2. The first-order valence-corrected chi connectivity index (χ1v) is 8.91. The highest BCUT2D eigenvalue weighted by Crippen LogP contribution is 2.35. The molecular weight excluding hydrogens is 352 g/mol. The van der Waals surface area contributed by atoms with Gasteiger partial charge in [-0.25, -0.2) is 13.2 Å². The summed E-state index contributed by atoms with van der Waals surface area (Å²) < 4.78 is 27.3. The van der Waals surface area contributed by atoms with Gasteiger partial charge in [-0.1, -0.05) is 6.92 Å². The molecule has 0 amide bonds. The Labute approximate surface area is 124 Å². The van der Waals surface area contributed by atoms with Crippen LogP contribution in [0.1, 0.15) is 19.8 Å². The Morgan fingerprint density at radius 1 is 1.58 bits per heavy atom. The van der Waals surface area contributed by atoms with E-state index in [-0.39, 0.29) is 10.1 Å². The van der Waals surface area contributed by atoms with E-state index in [0.717, 1.165) is 24.2 Å². The molecule has 0 N–H and O–H groups in total. The van der Waals surface area contributed by atoms with Crippen LogP contribution in [-0.2, 0) is 14.8 Å². The van der Waals surface area contributed by atoms with Crippen molar-refractivity contribution in [3.8, 4) is 0 Å². The maximum Gasteiger partial charge on any atom is 0.255 e. The van der Waals surface area contributed by atoms with Crippen molar-refractivity contribution in [1.29, 1.82) is 0 Å². The number of halogens is 1. The fourth-order valence-corrected chi connectivity index (χ4v) is 6.30. The minimum atomic E-state index is -3.62. The largest absolute Gasteiger partial charge is 0.255 e. The molecule has 0 radical (unpaired) electrons. The molecule has 104 valence electrons. The number of carbonyl (C=O) groups excluding carboxylic acids is 1. The number of rotatable bonds is 3. The Kier molecular flexibility index (Phi) is 4.58. The summed E-state index contributed by atoms with van der Waals surface area (Å²) in [6.07, 6.45) is 2.47. The van der Waals surface area contributed by atoms with E-state index < -0.39 is 16.2 Å². The molecule has 2 atom stereocenters. The number of hydrogen-bond acceptors (Lipinski definition) is 5. The molecule has 1 aromatic heterocycles. The molecule has 0 bridgehead atoms. The summed E-state index contributed by atoms with van der Waals surface area (Å²) in [7, 11) is -3.62. The van der Waals surface area contributed by atoms with E-state index in [4.69, 9.17) is 0 Å². The quantitative estimate of drug-likeness (QED) is 0.611. The lowest BCUT2D eigenvalue weighted by Crippen LogP contribution is -2.46. The van der Waals surface area contributed by atoms with Gasteiger partial charge >= 0.3 is 0 Å². The normalized spacial score (nSPS) is 24.9. The number of isocyanates is 1. The van der Waals surface area contributed by atoms with Crippen molar-refractivity contribution in [2.24, 2.45) is 10.9 Å². The molecular formula is C11H13BrN2O3S2. The van der Waals surface area contributed by atoms with Crippen LogP contribution in [0.2, 0.25) is 0 Å². The highest BCUT2D eigenvalue weighted by Gasteiger charge is 2.38. The van der Waals surface area contributed by atoms with E-state index >= 15 is 0 Å². The fourth-order valence-electron chi connectivity index (χ4n) is 2.21. The summed E-state index contributed by atoms with van der Waals surface area (Å²) >= 11 is 4.39. The van der Waals surface area contributed by atoms with Crippen LogP contribution in [0.5, 0.6) is 0 Å². The Morgan fingerprint density at radius 2 is 2.32 bits per heavy atom. The lowest BCUT2D eigenvalue weighted by Gasteiger charge is -2.35. The molecule has 2 heterocycles. The molecule has 1 aliphatic heterocycles. The molecule has 2 unspecified atom stereocenters. The molecule has 8 heteroatoms. The van der Waals surface area contributed by atoms with Crippen LogP contribution in [0.25, 0.3) is 0 Å². The molecule has 5 nitrogen and oxygen atoms in total. The zero-order valence-electron chi connectivity index (χ0n) is 10.2. The second-order valence-electron chi connectivity index (χ2n) is 4.43. The number of hydrogen-bond donors (Lipinski definition) is 0. The average molecular weight is 365 g/mol. The molecule has 0 aromatic carbocycles. The van der Waals surface area contributed by atoms with Crippen molar-refractivity contribution in [1.82, 2.24) is 4.31 Å². The van der Waals surface area contributed by atoms with E-state index in [1.807, 2.05) is 6.92 Å². The Bertz CT molecular complexity index is 607. The fraction of sp³-hybridized carbons (Fsp3) is 0.545. The van der Waals surface area contributed by atoms with Gasteiger partial charge in [-0.2, -0.15) is 9.30 Å². The molecule has 19 heavy (non-hydrogen) atoms. The molecule has 1 fully saturated rings. The van der Waals surface area contributed by atoms with E-state index in [9.17, 15) is 13.2 Å². The topological polar surface area (TPSA) is 66.8 Å². The number of nitrogens with zero attached hydrogens (tertiary/aromatic N) is 2. The van der Waals surface area contributed by atoms with E-state index in [0.29, 0.717) is 11.0 Å². The SMILES string of the molecule is CC1CCCN(S(=O)(=O)c2sccc2Br)C1N=C=O. The van der Waals surface area contributed by atoms with Gasteiger partial charge in [0.25, 0.3) is 10.0 Å². The molecule has 1 saturated heterocycles. The summed E-state index contributed by atoms with van der Waals surface area (Å²) in [5, 5.41) is 1.71. The first kappa shape index (κ1) is 14.9. The summed E-state index contributed by atoms with van der Waals surface area (Å²) in [6, 6.07) is 1.70. The number of sulfonamides is 1. The second kappa shape index (κ2) is 5.85. The van der Waals surface area contributed by atoms with Crippen molar-refractivity contribution in [3.05, 3.63) is 15.9 Å². The molecule has 2 rings (SSSR count). The second-order valence-corrected chi connectivity index (χ2v) is 8.28. The molecule has 1 aliphatic rings. The van der Waals surface area contributed by atoms with Gasteiger partial charge in [0, 0.05) is 11.0 Å². The van der Waals surface area contributed by atoms with Crippen molar-refractivity contribution >= 4 is 43.4 Å². The minimum absolute atomic E-state index is 0.0173. The van der Waals surface area contributed by atoms with Crippen molar-refractivity contribution < 1.29 is 13.2 Å². The third-order valence-corrected chi connectivity index (χ3v) is 7.67. The van der Waals surface area contributed by atoms with Gasteiger partial charge in [0.05, 0.1) is 0 Å². The van der Waals surface area contributed by atoms with Crippen LogP contribution in [0.15, 0.2) is 25.1 Å². The van der Waals surface area contributed by atoms with Crippen molar-refractivity contribution in [3.63, 3.8) is 0 Å². The zero-order valence-corrected chi connectivity index (χ0v) is 13.5. The van der Waals surface area contributed by atoms with Gasteiger partial charge in [0.1, 0.15) is 10.4 Å². The maximum absolute atomic E-state index is 12.6. The van der Waals surface area contributed by atoms with Gasteiger partial charge in [-0.15, -0.1) is 11.3 Å². The van der Waals surface area contributed by atoms with Gasteiger partial charge < -0.3 is 0 Å². The maximum atomic E-state index is 12.6. The number of aliphatic imine (C=N–C) groups is 1. The Morgan fingerprint density at radius 3 is 2.89 bits per heavy atom. The van der Waals surface area contributed by atoms with Gasteiger partial charge in [0.15, 0.2) is 0 Å². The van der Waals surface area contributed by atoms with E-state index in [1.54, 1.807) is 11.4 Å². The molecule has 1 aromatic rings. The molecule has 0 saturated carbocycles. The minimum Gasteiger partial charge on any atom is -0.211 e. The lowest BCUT2D eigenvalue weighted by atomic mass is 9.98. The first-order valence-electron chi connectivity index (χ1n) is 5.80. The predicted molar refractivity (Wildman–Crippen MR) is 76.2 cm³/mol. The van der Waals surface area contributed by atoms with Gasteiger partial charge in [-0.05, 0) is 46.1 Å². The summed E-state index contributed by atoms with van der Waals surface area (Å²) in [5.41, 5.74) is 0. The highest BCUT2D eigenvalue weighted by molar-refractivity contribution is 9.10. The number of thiophene rings is 1. The van der Waals surface area contributed by atoms with Crippen LogP contribution in [0, 0.1) is 5.92 Å². The Hall–Kier alpha value is -0.530. The first-order chi connectivity index (χ1) is 8.98. The molecule has 0 spiro atoms. The van der Waals surface area contributed by atoms with Gasteiger partial charge in [0.2, 0.25) is 6.08 Å². The van der Waals surface area contributed by atoms with Crippen LogP contribution in [0.3, 0.4) is 0 Å². The lowest BCUT2D eigenvalue weighted by molar-refractivity contribution is 0.194. The third-order valence-electron chi connectivity index (χ3n) is 3.15. The van der Waals surface area contributed by atoms with Crippen LogP contribution < -0.4 is 0 Å². The third kappa shape index (κ3) is 2.83. The van der Waals surface area contributed by atoms with Gasteiger partial charge in [-0.3, -0.25) is 0 Å². The number of piperidine rings is 1. The van der Waals surface area contributed by atoms with E-state index in [1.165, 1.54) is 10.4 Å². The van der Waals surface area contributed by atoms with Crippen LogP contribution in [-0.4, -0.2) is 31.5 Å².